The number of carbonyl (C=O) groups is 3. The summed E-state index contributed by atoms with van der Waals surface area (Å²) in [5, 5.41) is 10.8. The number of ether oxygens (including phenoxy) is 1. The SMILES string of the molecule is C=CCN(CCC)C(=O)[C@H]1[C@H]2C(=O)N([C@@H](CO)Cc3ccccc3)C(C(=O)N(CC=C)c3cc(C)ccc3C)C23CC[C@]1(C)O3. The van der Waals surface area contributed by atoms with Gasteiger partial charge in [0.15, 0.2) is 0 Å². The summed E-state index contributed by atoms with van der Waals surface area (Å²) in [7, 11) is 0. The van der Waals surface area contributed by atoms with Gasteiger partial charge in [-0.1, -0.05) is 61.5 Å². The Bertz CT molecular complexity index is 1460. The van der Waals surface area contributed by atoms with Gasteiger partial charge in [0, 0.05) is 25.3 Å². The van der Waals surface area contributed by atoms with Crippen LogP contribution in [0.2, 0.25) is 0 Å². The quantitative estimate of drug-likeness (QED) is 0.333. The standard InChI is InChI=1S/C37H47N3O5/c1-7-19-38(20-8-2)33(42)30-31-34(43)40(28(24-41)23-27-13-11-10-12-14-27)32(37(31)18-17-36(30,6)45-37)35(44)39(21-9-3)29-22-25(4)15-16-26(29)5/h7,9-16,22,28,30-32,41H,1,3,8,17-21,23-24H2,2,4-6H3/t28-,30-,31+,32?,36+,37?/m1/s1. The summed E-state index contributed by atoms with van der Waals surface area (Å²) >= 11 is 0. The summed E-state index contributed by atoms with van der Waals surface area (Å²) in [6, 6.07) is 13.9. The molecule has 2 aromatic carbocycles. The van der Waals surface area contributed by atoms with Gasteiger partial charge in [0.1, 0.15) is 11.6 Å². The van der Waals surface area contributed by atoms with Crippen molar-refractivity contribution in [2.75, 3.05) is 31.1 Å². The molecule has 3 aliphatic rings. The van der Waals surface area contributed by atoms with Crippen molar-refractivity contribution in [3.8, 4) is 0 Å². The largest absolute Gasteiger partial charge is 0.394 e. The number of anilines is 1. The fourth-order valence-corrected chi connectivity index (χ4v) is 8.06. The minimum atomic E-state index is -1.21. The van der Waals surface area contributed by atoms with E-state index in [1.165, 1.54) is 0 Å². The number of aryl methyl sites for hydroxylation is 2. The second-order valence-electron chi connectivity index (χ2n) is 13.1. The number of fused-ring (bicyclic) bond motifs is 1. The number of benzene rings is 2. The number of nitrogens with zero attached hydrogens (tertiary/aromatic N) is 3. The van der Waals surface area contributed by atoms with E-state index in [9.17, 15) is 14.7 Å². The average molecular weight is 614 g/mol. The Labute approximate surface area is 267 Å². The van der Waals surface area contributed by atoms with Gasteiger partial charge in [0.2, 0.25) is 11.8 Å². The lowest BCUT2D eigenvalue weighted by atomic mass is 9.66. The number of aliphatic hydroxyl groups is 1. The zero-order chi connectivity index (χ0) is 32.5. The number of hydrogen-bond donors (Lipinski definition) is 1. The highest BCUT2D eigenvalue weighted by Crippen LogP contribution is 2.64. The Kier molecular flexibility index (Phi) is 9.38. The van der Waals surface area contributed by atoms with E-state index in [1.807, 2.05) is 76.2 Å². The van der Waals surface area contributed by atoms with Crippen LogP contribution in [0.4, 0.5) is 5.69 Å². The predicted molar refractivity (Wildman–Crippen MR) is 176 cm³/mol. The second kappa shape index (κ2) is 12.9. The normalized spacial score (nSPS) is 27.3. The smallest absolute Gasteiger partial charge is 0.253 e. The van der Waals surface area contributed by atoms with Gasteiger partial charge >= 0.3 is 0 Å². The molecule has 2 bridgehead atoms. The molecule has 0 aliphatic carbocycles. The van der Waals surface area contributed by atoms with E-state index in [-0.39, 0.29) is 30.9 Å². The summed E-state index contributed by atoms with van der Waals surface area (Å²) in [6.45, 7) is 16.4. The van der Waals surface area contributed by atoms with Gasteiger partial charge in [-0.05, 0) is 69.2 Å². The molecule has 45 heavy (non-hydrogen) atoms. The van der Waals surface area contributed by atoms with E-state index < -0.39 is 35.1 Å². The number of aliphatic hydroxyl groups excluding tert-OH is 1. The van der Waals surface area contributed by atoms with Crippen molar-refractivity contribution in [2.24, 2.45) is 11.8 Å². The first-order valence-electron chi connectivity index (χ1n) is 16.1. The van der Waals surface area contributed by atoms with E-state index in [0.717, 1.165) is 28.8 Å². The first kappa shape index (κ1) is 32.6. The lowest BCUT2D eigenvalue weighted by Crippen LogP contribution is -2.59. The molecule has 6 atom stereocenters. The molecule has 3 fully saturated rings. The summed E-state index contributed by atoms with van der Waals surface area (Å²) < 4.78 is 6.92. The molecule has 2 aromatic rings. The Morgan fingerprint density at radius 2 is 1.80 bits per heavy atom. The van der Waals surface area contributed by atoms with Crippen molar-refractivity contribution in [1.82, 2.24) is 9.80 Å². The van der Waals surface area contributed by atoms with Crippen LogP contribution in [0.5, 0.6) is 0 Å². The molecule has 240 valence electrons. The summed E-state index contributed by atoms with van der Waals surface area (Å²) in [5.74, 6) is -2.35. The van der Waals surface area contributed by atoms with Gasteiger partial charge in [0.25, 0.3) is 5.91 Å². The monoisotopic (exact) mass is 613 g/mol. The van der Waals surface area contributed by atoms with Crippen LogP contribution in [-0.2, 0) is 25.5 Å². The first-order chi connectivity index (χ1) is 21.6. The molecule has 0 aromatic heterocycles. The molecule has 3 amide bonds. The van der Waals surface area contributed by atoms with Crippen molar-refractivity contribution >= 4 is 23.4 Å². The highest BCUT2D eigenvalue weighted by atomic mass is 16.5. The van der Waals surface area contributed by atoms with Crippen LogP contribution in [0.3, 0.4) is 0 Å². The van der Waals surface area contributed by atoms with Gasteiger partial charge in [-0.15, -0.1) is 13.2 Å². The van der Waals surface area contributed by atoms with Crippen LogP contribution >= 0.6 is 0 Å². The van der Waals surface area contributed by atoms with Crippen molar-refractivity contribution in [2.45, 2.75) is 76.7 Å². The molecule has 5 rings (SSSR count). The third-order valence-corrected chi connectivity index (χ3v) is 10.0. The van der Waals surface area contributed by atoms with Crippen LogP contribution in [0, 0.1) is 25.7 Å². The van der Waals surface area contributed by atoms with Gasteiger partial charge in [0.05, 0.1) is 30.1 Å². The number of likely N-dealkylation sites (tertiary alicyclic amines) is 1. The maximum atomic E-state index is 15.1. The minimum Gasteiger partial charge on any atom is -0.394 e. The minimum absolute atomic E-state index is 0.145. The average Bonchev–Trinajstić information content (AvgIpc) is 3.60. The topological polar surface area (TPSA) is 90.4 Å². The maximum absolute atomic E-state index is 15.1. The Hall–Kier alpha value is -3.75. The molecule has 3 heterocycles. The first-order valence-corrected chi connectivity index (χ1v) is 16.1. The van der Waals surface area contributed by atoms with Crippen LogP contribution in [-0.4, -0.2) is 82.2 Å². The fourth-order valence-electron chi connectivity index (χ4n) is 8.06. The van der Waals surface area contributed by atoms with E-state index >= 15 is 4.79 Å². The van der Waals surface area contributed by atoms with Gasteiger partial charge < -0.3 is 24.5 Å². The van der Waals surface area contributed by atoms with E-state index in [2.05, 4.69) is 13.2 Å². The third kappa shape index (κ3) is 5.52. The van der Waals surface area contributed by atoms with Crippen molar-refractivity contribution in [3.05, 3.63) is 90.5 Å². The Balaban J connectivity index is 1.65. The van der Waals surface area contributed by atoms with Crippen molar-refractivity contribution in [3.63, 3.8) is 0 Å². The summed E-state index contributed by atoms with van der Waals surface area (Å²) in [4.78, 5) is 49.3. The Morgan fingerprint density at radius 3 is 2.44 bits per heavy atom. The highest BCUT2D eigenvalue weighted by molar-refractivity contribution is 6.05. The van der Waals surface area contributed by atoms with Crippen LogP contribution in [0.25, 0.3) is 0 Å². The second-order valence-corrected chi connectivity index (χ2v) is 13.1. The maximum Gasteiger partial charge on any atom is 0.253 e. The van der Waals surface area contributed by atoms with E-state index in [1.54, 1.807) is 26.9 Å². The predicted octanol–water partition coefficient (Wildman–Crippen LogP) is 4.62. The lowest BCUT2D eigenvalue weighted by Gasteiger charge is -2.40. The van der Waals surface area contributed by atoms with Crippen LogP contribution in [0.1, 0.15) is 49.8 Å². The van der Waals surface area contributed by atoms with Crippen molar-refractivity contribution in [1.29, 1.82) is 0 Å². The molecule has 8 heteroatoms. The number of hydrogen-bond acceptors (Lipinski definition) is 5. The van der Waals surface area contributed by atoms with Crippen LogP contribution < -0.4 is 4.90 Å². The molecule has 3 aliphatic heterocycles. The van der Waals surface area contributed by atoms with Crippen molar-refractivity contribution < 1.29 is 24.2 Å². The molecular weight excluding hydrogens is 566 g/mol. The van der Waals surface area contributed by atoms with Gasteiger partial charge in [-0.3, -0.25) is 14.4 Å². The van der Waals surface area contributed by atoms with E-state index in [4.69, 9.17) is 4.74 Å². The molecule has 2 unspecified atom stereocenters. The van der Waals surface area contributed by atoms with Gasteiger partial charge in [-0.25, -0.2) is 0 Å². The summed E-state index contributed by atoms with van der Waals surface area (Å²) in [5.41, 5.74) is 1.48. The molecule has 8 nitrogen and oxygen atoms in total. The lowest BCUT2D eigenvalue weighted by molar-refractivity contribution is -0.152. The van der Waals surface area contributed by atoms with Gasteiger partial charge in [-0.2, -0.15) is 0 Å². The number of rotatable bonds is 13. The molecule has 0 radical (unpaired) electrons. The zero-order valence-electron chi connectivity index (χ0n) is 27.1. The third-order valence-electron chi connectivity index (χ3n) is 10.0. The summed E-state index contributed by atoms with van der Waals surface area (Å²) in [6.07, 6.45) is 5.51. The number of carbonyl (C=O) groups excluding carboxylic acids is 3. The van der Waals surface area contributed by atoms with Crippen LogP contribution in [0.15, 0.2) is 73.8 Å². The number of amides is 3. The Morgan fingerprint density at radius 1 is 1.09 bits per heavy atom. The molecule has 1 N–H and O–H groups in total. The highest BCUT2D eigenvalue weighted by Gasteiger charge is 2.79. The zero-order valence-corrected chi connectivity index (χ0v) is 27.1. The molecule has 1 spiro atoms. The molecular formula is C37H47N3O5. The van der Waals surface area contributed by atoms with E-state index in [0.29, 0.717) is 32.4 Å². The fraction of sp³-hybridized carbons (Fsp3) is 0.486. The molecule has 3 saturated heterocycles. The molecule has 0 saturated carbocycles.